The molecule has 1 aliphatic rings. The molecule has 1 aliphatic heterocycles. The zero-order chi connectivity index (χ0) is 14.0. The van der Waals surface area contributed by atoms with Crippen molar-refractivity contribution in [3.05, 3.63) is 0 Å². The summed E-state index contributed by atoms with van der Waals surface area (Å²) in [6.45, 7) is 11.4. The average Bonchev–Trinajstić information content (AvgIpc) is 2.44. The molecular formula is C13H26N2O3. The van der Waals surface area contributed by atoms with Gasteiger partial charge in [-0.15, -0.1) is 0 Å². The summed E-state index contributed by atoms with van der Waals surface area (Å²) < 4.78 is 5.22. The molecule has 1 amide bonds. The van der Waals surface area contributed by atoms with Gasteiger partial charge in [0.15, 0.2) is 0 Å². The highest BCUT2D eigenvalue weighted by molar-refractivity contribution is 5.68. The van der Waals surface area contributed by atoms with Gasteiger partial charge in [-0.2, -0.15) is 0 Å². The Bertz CT molecular complexity index is 292. The zero-order valence-corrected chi connectivity index (χ0v) is 12.1. The smallest absolute Gasteiger partial charge is 0.407 e. The van der Waals surface area contributed by atoms with E-state index in [1.54, 1.807) is 13.8 Å². The molecule has 0 saturated carbocycles. The molecule has 0 aromatic heterocycles. The van der Waals surface area contributed by atoms with Gasteiger partial charge in [0.25, 0.3) is 0 Å². The van der Waals surface area contributed by atoms with Crippen LogP contribution in [0.4, 0.5) is 4.79 Å². The van der Waals surface area contributed by atoms with Crippen LogP contribution in [0, 0.1) is 0 Å². The molecule has 0 radical (unpaired) electrons. The fourth-order valence-electron chi connectivity index (χ4n) is 2.12. The maximum Gasteiger partial charge on any atom is 0.407 e. The van der Waals surface area contributed by atoms with Gasteiger partial charge in [-0.1, -0.05) is 0 Å². The lowest BCUT2D eigenvalue weighted by Crippen LogP contribution is -2.42. The lowest BCUT2D eigenvalue weighted by molar-refractivity contribution is 0.0418. The van der Waals surface area contributed by atoms with Gasteiger partial charge in [0, 0.05) is 25.7 Å². The van der Waals surface area contributed by atoms with Gasteiger partial charge < -0.3 is 15.2 Å². The predicted octanol–water partition coefficient (Wildman–Crippen LogP) is 1.36. The third-order valence-electron chi connectivity index (χ3n) is 2.60. The van der Waals surface area contributed by atoms with Gasteiger partial charge in [-0.25, -0.2) is 4.79 Å². The number of nitrogens with zero attached hydrogens (tertiary/aromatic N) is 1. The molecule has 1 fully saturated rings. The summed E-state index contributed by atoms with van der Waals surface area (Å²) in [7, 11) is 0. The summed E-state index contributed by atoms with van der Waals surface area (Å²) >= 11 is 0. The van der Waals surface area contributed by atoms with Crippen molar-refractivity contribution >= 4 is 6.09 Å². The van der Waals surface area contributed by atoms with Crippen molar-refractivity contribution in [2.24, 2.45) is 0 Å². The van der Waals surface area contributed by atoms with Crippen molar-refractivity contribution in [3.63, 3.8) is 0 Å². The van der Waals surface area contributed by atoms with E-state index >= 15 is 0 Å². The molecule has 1 atom stereocenters. The molecule has 0 bridgehead atoms. The van der Waals surface area contributed by atoms with Gasteiger partial charge in [0.1, 0.15) is 5.60 Å². The number of likely N-dealkylation sites (tertiary alicyclic amines) is 1. The molecule has 2 N–H and O–H groups in total. The number of hydrogen-bond acceptors (Lipinski definition) is 4. The SMILES string of the molecule is CC(C)(O)CN1CC[C@@H](NC(=O)OC(C)(C)C)C1. The van der Waals surface area contributed by atoms with Crippen molar-refractivity contribution in [2.45, 2.75) is 58.3 Å². The molecule has 1 saturated heterocycles. The van der Waals surface area contributed by atoms with Crippen LogP contribution >= 0.6 is 0 Å². The summed E-state index contributed by atoms with van der Waals surface area (Å²) in [5.74, 6) is 0. The molecule has 106 valence electrons. The normalized spacial score (nSPS) is 22.0. The monoisotopic (exact) mass is 258 g/mol. The van der Waals surface area contributed by atoms with E-state index in [0.717, 1.165) is 19.5 Å². The van der Waals surface area contributed by atoms with E-state index in [-0.39, 0.29) is 12.1 Å². The van der Waals surface area contributed by atoms with E-state index in [1.165, 1.54) is 0 Å². The first kappa shape index (κ1) is 15.2. The van der Waals surface area contributed by atoms with Gasteiger partial charge in [-0.05, 0) is 41.0 Å². The standard InChI is InChI=1S/C13H26N2O3/c1-12(2,3)18-11(16)14-10-6-7-15(8-10)9-13(4,5)17/h10,17H,6-9H2,1-5H3,(H,14,16)/t10-/m1/s1. The fourth-order valence-corrected chi connectivity index (χ4v) is 2.12. The van der Waals surface area contributed by atoms with E-state index in [2.05, 4.69) is 10.2 Å². The van der Waals surface area contributed by atoms with E-state index in [1.807, 2.05) is 20.8 Å². The maximum absolute atomic E-state index is 11.6. The van der Waals surface area contributed by atoms with Gasteiger partial charge in [-0.3, -0.25) is 4.90 Å². The zero-order valence-electron chi connectivity index (χ0n) is 12.1. The highest BCUT2D eigenvalue weighted by Crippen LogP contribution is 2.14. The average molecular weight is 258 g/mol. The Hall–Kier alpha value is -0.810. The number of carbonyl (C=O) groups excluding carboxylic acids is 1. The third-order valence-corrected chi connectivity index (χ3v) is 2.60. The first-order valence-electron chi connectivity index (χ1n) is 6.49. The lowest BCUT2D eigenvalue weighted by atomic mass is 10.1. The number of carbonyl (C=O) groups is 1. The third kappa shape index (κ3) is 6.21. The summed E-state index contributed by atoms with van der Waals surface area (Å²) in [5.41, 5.74) is -1.16. The van der Waals surface area contributed by atoms with Crippen molar-refractivity contribution < 1.29 is 14.6 Å². The van der Waals surface area contributed by atoms with Crippen LogP contribution in [0.3, 0.4) is 0 Å². The Morgan fingerprint density at radius 1 is 1.39 bits per heavy atom. The molecule has 5 heteroatoms. The van der Waals surface area contributed by atoms with E-state index in [9.17, 15) is 9.90 Å². The second kappa shape index (κ2) is 5.45. The van der Waals surface area contributed by atoms with Crippen LogP contribution in [0.5, 0.6) is 0 Å². The minimum Gasteiger partial charge on any atom is -0.444 e. The molecular weight excluding hydrogens is 232 g/mol. The molecule has 5 nitrogen and oxygen atoms in total. The van der Waals surface area contributed by atoms with Crippen LogP contribution in [0.15, 0.2) is 0 Å². The molecule has 0 unspecified atom stereocenters. The van der Waals surface area contributed by atoms with Crippen LogP contribution in [-0.2, 0) is 4.74 Å². The largest absolute Gasteiger partial charge is 0.444 e. The van der Waals surface area contributed by atoms with Crippen LogP contribution in [0.2, 0.25) is 0 Å². The van der Waals surface area contributed by atoms with Gasteiger partial charge in [0.2, 0.25) is 0 Å². The Kier molecular flexibility index (Phi) is 4.61. The summed E-state index contributed by atoms with van der Waals surface area (Å²) in [5, 5.41) is 12.6. The fraction of sp³-hybridized carbons (Fsp3) is 0.923. The van der Waals surface area contributed by atoms with E-state index in [0.29, 0.717) is 6.54 Å². The second-order valence-corrected chi connectivity index (χ2v) is 6.68. The minimum absolute atomic E-state index is 0.113. The number of β-amino-alcohol motifs (C(OH)–C–C–N with tert-alkyl or cyclic N) is 1. The number of ether oxygens (including phenoxy) is 1. The van der Waals surface area contributed by atoms with E-state index < -0.39 is 11.2 Å². The predicted molar refractivity (Wildman–Crippen MR) is 70.5 cm³/mol. The Labute approximate surface area is 109 Å². The molecule has 1 heterocycles. The Morgan fingerprint density at radius 2 is 2.00 bits per heavy atom. The number of rotatable bonds is 3. The molecule has 0 spiro atoms. The highest BCUT2D eigenvalue weighted by Gasteiger charge is 2.28. The van der Waals surface area contributed by atoms with Crippen LogP contribution < -0.4 is 5.32 Å². The molecule has 0 aromatic rings. The number of amides is 1. The molecule has 0 aromatic carbocycles. The van der Waals surface area contributed by atoms with Crippen molar-refractivity contribution in [1.29, 1.82) is 0 Å². The van der Waals surface area contributed by atoms with Crippen LogP contribution in [0.1, 0.15) is 41.0 Å². The first-order chi connectivity index (χ1) is 8.05. The second-order valence-electron chi connectivity index (χ2n) is 6.68. The summed E-state index contributed by atoms with van der Waals surface area (Å²) in [6.07, 6.45) is 0.535. The molecule has 18 heavy (non-hydrogen) atoms. The van der Waals surface area contributed by atoms with Crippen molar-refractivity contribution in [3.8, 4) is 0 Å². The number of aliphatic hydroxyl groups is 1. The number of alkyl carbamates (subject to hydrolysis) is 1. The Morgan fingerprint density at radius 3 is 2.50 bits per heavy atom. The summed E-state index contributed by atoms with van der Waals surface area (Å²) in [6, 6.07) is 0.113. The number of hydrogen-bond donors (Lipinski definition) is 2. The van der Waals surface area contributed by atoms with Gasteiger partial charge >= 0.3 is 6.09 Å². The molecule has 1 rings (SSSR count). The van der Waals surface area contributed by atoms with Gasteiger partial charge in [0.05, 0.1) is 5.60 Å². The highest BCUT2D eigenvalue weighted by atomic mass is 16.6. The quantitative estimate of drug-likeness (QED) is 0.802. The Balaban J connectivity index is 2.32. The maximum atomic E-state index is 11.6. The van der Waals surface area contributed by atoms with E-state index in [4.69, 9.17) is 4.74 Å². The first-order valence-corrected chi connectivity index (χ1v) is 6.49. The molecule has 0 aliphatic carbocycles. The van der Waals surface area contributed by atoms with Crippen molar-refractivity contribution in [2.75, 3.05) is 19.6 Å². The minimum atomic E-state index is -0.694. The number of nitrogens with one attached hydrogen (secondary N) is 1. The van der Waals surface area contributed by atoms with Crippen molar-refractivity contribution in [1.82, 2.24) is 10.2 Å². The lowest BCUT2D eigenvalue weighted by Gasteiger charge is -2.25. The topological polar surface area (TPSA) is 61.8 Å². The van der Waals surface area contributed by atoms with Crippen LogP contribution in [0.25, 0.3) is 0 Å². The summed E-state index contributed by atoms with van der Waals surface area (Å²) in [4.78, 5) is 13.8. The van der Waals surface area contributed by atoms with Crippen LogP contribution in [-0.4, -0.2) is 53.0 Å².